The first-order valence-corrected chi connectivity index (χ1v) is 9.99. The summed E-state index contributed by atoms with van der Waals surface area (Å²) in [6, 6.07) is 3.48. The molecule has 0 unspecified atom stereocenters. The largest absolute Gasteiger partial charge is 0.466 e. The van der Waals surface area contributed by atoms with Gasteiger partial charge in [-0.15, -0.1) is 0 Å². The Hall–Kier alpha value is -2.57. The highest BCUT2D eigenvalue weighted by atomic mass is 19.2. The summed E-state index contributed by atoms with van der Waals surface area (Å²) in [6.07, 6.45) is 3.76. The van der Waals surface area contributed by atoms with Crippen molar-refractivity contribution in [1.29, 1.82) is 0 Å². The topological polar surface area (TPSA) is 65.0 Å². The molecule has 0 N–H and O–H groups in total. The minimum Gasteiger partial charge on any atom is -0.466 e. The van der Waals surface area contributed by atoms with Crippen molar-refractivity contribution >= 4 is 17.8 Å². The summed E-state index contributed by atoms with van der Waals surface area (Å²) in [6.45, 7) is 4.11. The highest BCUT2D eigenvalue weighted by molar-refractivity contribution is 6.16. The molecule has 5 nitrogen and oxygen atoms in total. The van der Waals surface area contributed by atoms with E-state index in [2.05, 4.69) is 11.9 Å². The van der Waals surface area contributed by atoms with Crippen LogP contribution in [0.1, 0.15) is 51.5 Å². The smallest absolute Gasteiger partial charge is 0.341 e. The maximum Gasteiger partial charge on any atom is 0.341 e. The maximum absolute atomic E-state index is 13.6. The van der Waals surface area contributed by atoms with Gasteiger partial charge in [0.1, 0.15) is 0 Å². The lowest BCUT2D eigenvalue weighted by molar-refractivity contribution is -0.142. The quantitative estimate of drug-likeness (QED) is 0.663. The fourth-order valence-corrected chi connectivity index (χ4v) is 3.68. The first-order valence-electron chi connectivity index (χ1n) is 9.99. The molecule has 1 heterocycles. The molecule has 7 heteroatoms. The zero-order valence-corrected chi connectivity index (χ0v) is 16.7. The molecule has 0 saturated heterocycles. The van der Waals surface area contributed by atoms with Crippen molar-refractivity contribution in [2.24, 2.45) is 10.9 Å². The Morgan fingerprint density at radius 1 is 1.17 bits per heavy atom. The highest BCUT2D eigenvalue weighted by Crippen LogP contribution is 2.30. The molecule has 1 aliphatic carbocycles. The second kappa shape index (κ2) is 9.29. The van der Waals surface area contributed by atoms with E-state index < -0.39 is 23.6 Å². The Bertz CT molecular complexity index is 854. The molecule has 0 atom stereocenters. The maximum atomic E-state index is 13.6. The monoisotopic (exact) mass is 405 g/mol. The number of esters is 2. The zero-order chi connectivity index (χ0) is 21.0. The van der Waals surface area contributed by atoms with E-state index in [1.165, 1.54) is 6.07 Å². The number of hydrogen-bond donors (Lipinski definition) is 0. The van der Waals surface area contributed by atoms with Crippen molar-refractivity contribution in [3.63, 3.8) is 0 Å². The molecule has 2 aliphatic rings. The molecule has 3 rings (SSSR count). The number of rotatable bonds is 6. The average molecular weight is 405 g/mol. The van der Waals surface area contributed by atoms with Crippen molar-refractivity contribution in [1.82, 2.24) is 0 Å². The van der Waals surface area contributed by atoms with Crippen LogP contribution in [0.5, 0.6) is 0 Å². The number of aliphatic imine (C=N–C) groups is 1. The Balaban J connectivity index is 1.90. The summed E-state index contributed by atoms with van der Waals surface area (Å²) in [4.78, 5) is 29.2. The normalized spacial score (nSPS) is 23.4. The molecule has 0 amide bonds. The van der Waals surface area contributed by atoms with Gasteiger partial charge in [-0.3, -0.25) is 4.79 Å². The third-order valence-electron chi connectivity index (χ3n) is 5.33. The minimum atomic E-state index is -0.994. The molecule has 1 aliphatic heterocycles. The lowest BCUT2D eigenvalue weighted by Crippen LogP contribution is -2.19. The number of cyclic esters (lactones) is 1. The number of carbonyl (C=O) groups is 2. The van der Waals surface area contributed by atoms with E-state index in [0.29, 0.717) is 17.1 Å². The lowest BCUT2D eigenvalue weighted by Gasteiger charge is -2.23. The van der Waals surface area contributed by atoms with E-state index in [-0.39, 0.29) is 37.0 Å². The van der Waals surface area contributed by atoms with Gasteiger partial charge in [0.25, 0.3) is 0 Å². The Morgan fingerprint density at radius 2 is 1.90 bits per heavy atom. The van der Waals surface area contributed by atoms with Crippen LogP contribution in [0.25, 0.3) is 0 Å². The lowest BCUT2D eigenvalue weighted by atomic mass is 9.87. The van der Waals surface area contributed by atoms with E-state index in [4.69, 9.17) is 9.47 Å². The Morgan fingerprint density at radius 3 is 2.55 bits per heavy atom. The van der Waals surface area contributed by atoms with Gasteiger partial charge in [-0.05, 0) is 56.2 Å². The molecule has 0 spiro atoms. The molecule has 0 bridgehead atoms. The van der Waals surface area contributed by atoms with Gasteiger partial charge < -0.3 is 9.47 Å². The van der Waals surface area contributed by atoms with E-state index in [9.17, 15) is 18.4 Å². The van der Waals surface area contributed by atoms with Gasteiger partial charge in [0.15, 0.2) is 11.6 Å². The summed E-state index contributed by atoms with van der Waals surface area (Å²) in [5.74, 6) is -2.26. The predicted molar refractivity (Wildman–Crippen MR) is 103 cm³/mol. The standard InChI is InChI=1S/C22H25F2NO4/c1-3-28-20(26)12-16-17(10-14-6-9-18(23)19(24)11-14)22(27)29-21(16)25-15-7-4-13(2)5-8-15/h6,9,11,13,15H,3-5,7-8,10,12H2,1-2H3. The van der Waals surface area contributed by atoms with Crippen molar-refractivity contribution in [2.45, 2.75) is 58.4 Å². The van der Waals surface area contributed by atoms with Gasteiger partial charge in [-0.2, -0.15) is 0 Å². The second-order valence-corrected chi connectivity index (χ2v) is 7.60. The first-order chi connectivity index (χ1) is 13.9. The third kappa shape index (κ3) is 5.28. The summed E-state index contributed by atoms with van der Waals surface area (Å²) >= 11 is 0. The number of ether oxygens (including phenoxy) is 2. The molecule has 0 radical (unpaired) electrons. The summed E-state index contributed by atoms with van der Waals surface area (Å²) in [5, 5.41) is 0. The number of halogens is 2. The van der Waals surface area contributed by atoms with E-state index in [0.717, 1.165) is 37.8 Å². The Labute approximate surface area is 168 Å². The van der Waals surface area contributed by atoms with Gasteiger partial charge in [-0.1, -0.05) is 13.0 Å². The first kappa shape index (κ1) is 21.1. The van der Waals surface area contributed by atoms with Crippen molar-refractivity contribution in [3.05, 3.63) is 46.5 Å². The highest BCUT2D eigenvalue weighted by Gasteiger charge is 2.34. The van der Waals surface area contributed by atoms with Crippen molar-refractivity contribution in [3.8, 4) is 0 Å². The van der Waals surface area contributed by atoms with Gasteiger partial charge in [0.2, 0.25) is 5.90 Å². The summed E-state index contributed by atoms with van der Waals surface area (Å²) < 4.78 is 37.2. The molecule has 1 fully saturated rings. The fraction of sp³-hybridized carbons (Fsp3) is 0.500. The summed E-state index contributed by atoms with van der Waals surface area (Å²) in [5.41, 5.74) is 1.01. The van der Waals surface area contributed by atoms with Gasteiger partial charge >= 0.3 is 11.9 Å². The summed E-state index contributed by atoms with van der Waals surface area (Å²) in [7, 11) is 0. The average Bonchev–Trinajstić information content (AvgIpc) is 2.95. The molecule has 1 aromatic rings. The second-order valence-electron chi connectivity index (χ2n) is 7.60. The van der Waals surface area contributed by atoms with E-state index >= 15 is 0 Å². The molecule has 1 saturated carbocycles. The number of benzene rings is 1. The van der Waals surface area contributed by atoms with E-state index in [1.54, 1.807) is 6.92 Å². The predicted octanol–water partition coefficient (Wildman–Crippen LogP) is 4.29. The van der Waals surface area contributed by atoms with Gasteiger partial charge in [-0.25, -0.2) is 18.6 Å². The molecule has 0 aromatic heterocycles. The Kier molecular flexibility index (Phi) is 6.77. The van der Waals surface area contributed by atoms with Crippen LogP contribution in [-0.4, -0.2) is 30.5 Å². The van der Waals surface area contributed by atoms with Crippen LogP contribution in [0.15, 0.2) is 34.3 Å². The van der Waals surface area contributed by atoms with Gasteiger partial charge in [0, 0.05) is 12.0 Å². The zero-order valence-electron chi connectivity index (χ0n) is 16.7. The number of carbonyl (C=O) groups excluding carboxylic acids is 2. The SMILES string of the molecule is CCOC(=O)CC1=C(Cc2ccc(F)c(F)c2)C(=O)OC1=NC1CCC(C)CC1. The van der Waals surface area contributed by atoms with Crippen molar-refractivity contribution in [2.75, 3.05) is 6.61 Å². The van der Waals surface area contributed by atoms with Crippen LogP contribution < -0.4 is 0 Å². The fourth-order valence-electron chi connectivity index (χ4n) is 3.68. The van der Waals surface area contributed by atoms with Gasteiger partial charge in [0.05, 0.1) is 24.6 Å². The number of hydrogen-bond acceptors (Lipinski definition) is 5. The van der Waals surface area contributed by atoms with Crippen LogP contribution in [0.4, 0.5) is 8.78 Å². The molecular weight excluding hydrogens is 380 g/mol. The van der Waals surface area contributed by atoms with Crippen LogP contribution in [-0.2, 0) is 25.5 Å². The van der Waals surface area contributed by atoms with Crippen molar-refractivity contribution < 1.29 is 27.8 Å². The molecular formula is C22H25F2NO4. The van der Waals surface area contributed by atoms with Crippen LogP contribution in [0, 0.1) is 17.6 Å². The van der Waals surface area contributed by atoms with Crippen LogP contribution in [0.2, 0.25) is 0 Å². The minimum absolute atomic E-state index is 0.0193. The van der Waals surface area contributed by atoms with Crippen LogP contribution >= 0.6 is 0 Å². The third-order valence-corrected chi connectivity index (χ3v) is 5.33. The number of nitrogens with zero attached hydrogens (tertiary/aromatic N) is 1. The van der Waals surface area contributed by atoms with Crippen LogP contribution in [0.3, 0.4) is 0 Å². The molecule has 29 heavy (non-hydrogen) atoms. The molecule has 1 aromatic carbocycles. The van der Waals surface area contributed by atoms with E-state index in [1.807, 2.05) is 0 Å². The molecule has 156 valence electrons.